The highest BCUT2D eigenvalue weighted by atomic mass is 16.6. The van der Waals surface area contributed by atoms with Crippen molar-refractivity contribution in [3.63, 3.8) is 0 Å². The van der Waals surface area contributed by atoms with Crippen LogP contribution in [0.1, 0.15) is 86.0 Å². The molecule has 3 fully saturated rings. The lowest BCUT2D eigenvalue weighted by Gasteiger charge is -2.52. The van der Waals surface area contributed by atoms with Gasteiger partial charge in [0, 0.05) is 19.3 Å². The molecule has 27 heavy (non-hydrogen) atoms. The summed E-state index contributed by atoms with van der Waals surface area (Å²) in [6, 6.07) is 0. The molecular formula is C22H36O5. The maximum Gasteiger partial charge on any atom is 0.306 e. The fraction of sp³-hybridized carbons (Fsp3) is 0.909. The maximum absolute atomic E-state index is 12.4. The van der Waals surface area contributed by atoms with Crippen molar-refractivity contribution in [2.45, 2.75) is 109 Å². The molecule has 0 aromatic rings. The van der Waals surface area contributed by atoms with E-state index in [2.05, 4.69) is 27.7 Å². The second-order valence-corrected chi connectivity index (χ2v) is 9.44. The SMILES string of the molecule is CCCCCC(=O)OC1CC(C)C23CC(CCC2C1OC(C)=O)C(C)(C)O3. The van der Waals surface area contributed by atoms with E-state index < -0.39 is 6.10 Å². The summed E-state index contributed by atoms with van der Waals surface area (Å²) in [5.41, 5.74) is -0.412. The van der Waals surface area contributed by atoms with Crippen LogP contribution >= 0.6 is 0 Å². The lowest BCUT2D eigenvalue weighted by molar-refractivity contribution is -0.227. The Morgan fingerprint density at radius 2 is 1.89 bits per heavy atom. The molecule has 0 N–H and O–H groups in total. The Morgan fingerprint density at radius 1 is 1.15 bits per heavy atom. The molecule has 1 aliphatic heterocycles. The van der Waals surface area contributed by atoms with Gasteiger partial charge in [-0.3, -0.25) is 9.59 Å². The Hall–Kier alpha value is -1.10. The van der Waals surface area contributed by atoms with E-state index >= 15 is 0 Å². The van der Waals surface area contributed by atoms with Gasteiger partial charge in [-0.2, -0.15) is 0 Å². The van der Waals surface area contributed by atoms with Crippen LogP contribution in [-0.4, -0.2) is 35.3 Å². The zero-order valence-electron chi connectivity index (χ0n) is 17.6. The standard InChI is InChI=1S/C22H36O5/c1-6-7-8-9-19(24)26-18-12-14(2)22-13-16(21(4,5)27-22)10-11-17(22)20(18)25-15(3)23/h14,16-18,20H,6-13H2,1-5H3. The molecule has 2 bridgehead atoms. The Balaban J connectivity index is 1.79. The highest BCUT2D eigenvalue weighted by Crippen LogP contribution is 2.60. The smallest absolute Gasteiger partial charge is 0.306 e. The quantitative estimate of drug-likeness (QED) is 0.504. The number of ether oxygens (including phenoxy) is 3. The largest absolute Gasteiger partial charge is 0.458 e. The third-order valence-corrected chi connectivity index (χ3v) is 7.21. The minimum Gasteiger partial charge on any atom is -0.458 e. The van der Waals surface area contributed by atoms with Crippen LogP contribution in [-0.2, 0) is 23.8 Å². The Kier molecular flexibility index (Phi) is 5.90. The molecule has 0 aromatic carbocycles. The lowest BCUT2D eigenvalue weighted by Crippen LogP contribution is -2.60. The van der Waals surface area contributed by atoms with Crippen molar-refractivity contribution in [1.82, 2.24) is 0 Å². The fourth-order valence-electron chi connectivity index (χ4n) is 5.81. The first-order valence-corrected chi connectivity index (χ1v) is 10.8. The molecule has 5 nitrogen and oxygen atoms in total. The number of unbranched alkanes of at least 4 members (excludes halogenated alkanes) is 2. The van der Waals surface area contributed by atoms with Crippen LogP contribution in [0.5, 0.6) is 0 Å². The molecule has 154 valence electrons. The molecule has 0 radical (unpaired) electrons. The predicted octanol–water partition coefficient (Wildman–Crippen LogP) is 4.41. The summed E-state index contributed by atoms with van der Waals surface area (Å²) < 4.78 is 18.3. The van der Waals surface area contributed by atoms with E-state index in [0.29, 0.717) is 18.8 Å². The first-order valence-electron chi connectivity index (χ1n) is 10.8. The molecule has 5 heteroatoms. The number of hydrogen-bond donors (Lipinski definition) is 0. The highest BCUT2D eigenvalue weighted by molar-refractivity contribution is 5.70. The van der Waals surface area contributed by atoms with Gasteiger partial charge in [0.25, 0.3) is 0 Å². The van der Waals surface area contributed by atoms with Crippen LogP contribution in [0, 0.1) is 17.8 Å². The summed E-state index contributed by atoms with van der Waals surface area (Å²) in [5, 5.41) is 0. The van der Waals surface area contributed by atoms with Gasteiger partial charge < -0.3 is 14.2 Å². The van der Waals surface area contributed by atoms with Crippen molar-refractivity contribution in [2.75, 3.05) is 0 Å². The Labute approximate surface area is 163 Å². The highest BCUT2D eigenvalue weighted by Gasteiger charge is 2.65. The van der Waals surface area contributed by atoms with Crippen LogP contribution in [0.4, 0.5) is 0 Å². The lowest BCUT2D eigenvalue weighted by atomic mass is 9.59. The number of esters is 2. The first-order chi connectivity index (χ1) is 12.7. The monoisotopic (exact) mass is 380 g/mol. The average Bonchev–Trinajstić information content (AvgIpc) is 2.78. The van der Waals surface area contributed by atoms with E-state index in [1.807, 2.05) is 0 Å². The molecule has 6 atom stereocenters. The van der Waals surface area contributed by atoms with Gasteiger partial charge in [-0.1, -0.05) is 26.7 Å². The summed E-state index contributed by atoms with van der Waals surface area (Å²) in [4.78, 5) is 24.2. The molecule has 0 aromatic heterocycles. The summed E-state index contributed by atoms with van der Waals surface area (Å²) in [7, 11) is 0. The predicted molar refractivity (Wildman–Crippen MR) is 102 cm³/mol. The van der Waals surface area contributed by atoms with Crippen molar-refractivity contribution in [3.05, 3.63) is 0 Å². The normalized spacial score (nSPS) is 39.5. The molecule has 2 aliphatic carbocycles. The molecule has 1 saturated heterocycles. The van der Waals surface area contributed by atoms with Gasteiger partial charge in [0.15, 0.2) is 0 Å². The number of carbonyl (C=O) groups excluding carboxylic acids is 2. The third-order valence-electron chi connectivity index (χ3n) is 7.21. The number of rotatable bonds is 6. The van der Waals surface area contributed by atoms with Crippen molar-refractivity contribution < 1.29 is 23.8 Å². The van der Waals surface area contributed by atoms with Crippen LogP contribution in [0.15, 0.2) is 0 Å². The first kappa shape index (κ1) is 20.6. The van der Waals surface area contributed by atoms with Crippen molar-refractivity contribution in [3.8, 4) is 0 Å². The second kappa shape index (κ2) is 7.73. The van der Waals surface area contributed by atoms with Gasteiger partial charge in [-0.25, -0.2) is 0 Å². The zero-order valence-corrected chi connectivity index (χ0v) is 17.6. The zero-order chi connectivity index (χ0) is 19.8. The van der Waals surface area contributed by atoms with E-state index in [4.69, 9.17) is 14.2 Å². The molecule has 6 unspecified atom stereocenters. The van der Waals surface area contributed by atoms with Gasteiger partial charge in [-0.05, 0) is 57.8 Å². The maximum atomic E-state index is 12.4. The van der Waals surface area contributed by atoms with Gasteiger partial charge in [-0.15, -0.1) is 0 Å². The van der Waals surface area contributed by atoms with Crippen molar-refractivity contribution >= 4 is 11.9 Å². The molecule has 3 aliphatic rings. The van der Waals surface area contributed by atoms with E-state index in [0.717, 1.165) is 38.5 Å². The summed E-state index contributed by atoms with van der Waals surface area (Å²) in [6.07, 6.45) is 6.36. The van der Waals surface area contributed by atoms with Crippen LogP contribution in [0.2, 0.25) is 0 Å². The van der Waals surface area contributed by atoms with E-state index in [9.17, 15) is 9.59 Å². The van der Waals surface area contributed by atoms with Crippen LogP contribution < -0.4 is 0 Å². The summed E-state index contributed by atoms with van der Waals surface area (Å²) in [5.74, 6) is 0.428. The summed E-state index contributed by atoms with van der Waals surface area (Å²) >= 11 is 0. The molecule has 0 amide bonds. The Bertz CT molecular complexity index is 571. The van der Waals surface area contributed by atoms with Crippen molar-refractivity contribution in [2.24, 2.45) is 17.8 Å². The molecule has 3 rings (SSSR count). The van der Waals surface area contributed by atoms with Crippen LogP contribution in [0.25, 0.3) is 0 Å². The number of fused-ring (bicyclic) bond motifs is 1. The average molecular weight is 381 g/mol. The summed E-state index contributed by atoms with van der Waals surface area (Å²) in [6.45, 7) is 10.1. The Morgan fingerprint density at radius 3 is 2.56 bits per heavy atom. The van der Waals surface area contributed by atoms with Crippen molar-refractivity contribution in [1.29, 1.82) is 0 Å². The topological polar surface area (TPSA) is 61.8 Å². The molecular weight excluding hydrogens is 344 g/mol. The molecule has 2 saturated carbocycles. The van der Waals surface area contributed by atoms with Gasteiger partial charge in [0.2, 0.25) is 0 Å². The van der Waals surface area contributed by atoms with E-state index in [1.54, 1.807) is 0 Å². The molecule has 1 heterocycles. The van der Waals surface area contributed by atoms with E-state index in [-0.39, 0.29) is 41.1 Å². The van der Waals surface area contributed by atoms with Gasteiger partial charge in [0.05, 0.1) is 11.2 Å². The van der Waals surface area contributed by atoms with Gasteiger partial charge >= 0.3 is 11.9 Å². The number of carbonyl (C=O) groups is 2. The fourth-order valence-corrected chi connectivity index (χ4v) is 5.81. The second-order valence-electron chi connectivity index (χ2n) is 9.44. The van der Waals surface area contributed by atoms with E-state index in [1.165, 1.54) is 6.92 Å². The van der Waals surface area contributed by atoms with Gasteiger partial charge in [0.1, 0.15) is 12.2 Å². The molecule has 1 spiro atoms. The third kappa shape index (κ3) is 3.90. The van der Waals surface area contributed by atoms with Crippen LogP contribution in [0.3, 0.4) is 0 Å². The minimum absolute atomic E-state index is 0.0941. The number of hydrogen-bond acceptors (Lipinski definition) is 5. The minimum atomic E-state index is -0.399.